The number of aryl methyl sites for hydroxylation is 1. The number of thiophene rings is 1. The second-order valence-corrected chi connectivity index (χ2v) is 8.79. The number of hydrogen-bond acceptors (Lipinski definition) is 7. The molecule has 0 radical (unpaired) electrons. The minimum Gasteiger partial charge on any atom is -0.508 e. The molecule has 3 rings (SSSR count). The van der Waals surface area contributed by atoms with Crippen molar-refractivity contribution in [2.45, 2.75) is 40.0 Å². The van der Waals surface area contributed by atoms with Gasteiger partial charge in [0.05, 0.1) is 16.1 Å². The van der Waals surface area contributed by atoms with Gasteiger partial charge in [-0.2, -0.15) is 5.26 Å². The van der Waals surface area contributed by atoms with E-state index in [4.69, 9.17) is 0 Å². The average molecular weight is 461 g/mol. The Hall–Kier alpha value is -3.50. The van der Waals surface area contributed by atoms with Crippen molar-refractivity contribution in [3.05, 3.63) is 58.5 Å². The molecule has 1 heterocycles. The number of unbranched alkanes of at least 4 members (excludes halogenated alkanes) is 2. The van der Waals surface area contributed by atoms with Gasteiger partial charge in [-0.3, -0.25) is 4.79 Å². The number of anilines is 1. The maximum Gasteiger partial charge on any atom is 0.160 e. The number of phenolic OH excluding ortho intramolecular Hbond substituents is 1. The summed E-state index contributed by atoms with van der Waals surface area (Å²) < 4.78 is 0. The molecule has 33 heavy (non-hydrogen) atoms. The summed E-state index contributed by atoms with van der Waals surface area (Å²) in [5.41, 5.74) is 4.38. The van der Waals surface area contributed by atoms with Gasteiger partial charge in [-0.25, -0.2) is 0 Å². The molecule has 0 bridgehead atoms. The monoisotopic (exact) mass is 460 g/mol. The maximum absolute atomic E-state index is 11.7. The third-order valence-electron chi connectivity index (χ3n) is 5.50. The van der Waals surface area contributed by atoms with Crippen molar-refractivity contribution in [1.82, 2.24) is 0 Å². The molecule has 0 amide bonds. The second kappa shape index (κ2) is 11.4. The van der Waals surface area contributed by atoms with Gasteiger partial charge in [0.1, 0.15) is 11.8 Å². The molecule has 0 fully saturated rings. The van der Waals surface area contributed by atoms with Crippen LogP contribution in [0.2, 0.25) is 0 Å². The number of aldehydes is 1. The number of nitriles is 1. The van der Waals surface area contributed by atoms with Crippen LogP contribution in [0, 0.1) is 18.3 Å². The van der Waals surface area contributed by atoms with E-state index in [9.17, 15) is 15.2 Å². The van der Waals surface area contributed by atoms with E-state index in [0.717, 1.165) is 47.7 Å². The third-order valence-corrected chi connectivity index (χ3v) is 6.50. The third kappa shape index (κ3) is 5.65. The number of rotatable bonds is 10. The Labute approximate surface area is 198 Å². The van der Waals surface area contributed by atoms with Gasteiger partial charge in [-0.1, -0.05) is 31.9 Å². The normalized spacial score (nSPS) is 11.0. The van der Waals surface area contributed by atoms with Crippen LogP contribution >= 0.6 is 11.3 Å². The smallest absolute Gasteiger partial charge is 0.160 e. The molecule has 6 nitrogen and oxygen atoms in total. The molecule has 0 spiro atoms. The van der Waals surface area contributed by atoms with Crippen LogP contribution in [-0.2, 0) is 0 Å². The number of azo groups is 1. The lowest BCUT2D eigenvalue weighted by molar-refractivity contribution is 0.112. The molecule has 2 aromatic carbocycles. The van der Waals surface area contributed by atoms with Crippen molar-refractivity contribution in [2.75, 3.05) is 18.0 Å². The molecule has 1 N–H and O–H groups in total. The Kier molecular flexibility index (Phi) is 8.34. The second-order valence-electron chi connectivity index (χ2n) is 7.76. The molecule has 0 saturated carbocycles. The highest BCUT2D eigenvalue weighted by molar-refractivity contribution is 7.18. The lowest BCUT2D eigenvalue weighted by Gasteiger charge is -2.23. The van der Waals surface area contributed by atoms with Crippen LogP contribution in [0.3, 0.4) is 0 Å². The molecule has 7 heteroatoms. The number of nitrogens with zero attached hydrogens (tertiary/aromatic N) is 4. The first-order valence-electron chi connectivity index (χ1n) is 11.1. The summed E-state index contributed by atoms with van der Waals surface area (Å²) in [6.07, 6.45) is 4.32. The number of carbonyl (C=O) groups is 1. The zero-order valence-corrected chi connectivity index (χ0v) is 20.0. The average Bonchev–Trinajstić information content (AvgIpc) is 3.19. The molecular formula is C26H28N4O2S. The van der Waals surface area contributed by atoms with Gasteiger partial charge in [0.2, 0.25) is 0 Å². The van der Waals surface area contributed by atoms with Gasteiger partial charge < -0.3 is 10.0 Å². The summed E-state index contributed by atoms with van der Waals surface area (Å²) in [5, 5.41) is 28.4. The molecule has 0 atom stereocenters. The molecule has 0 aliphatic heterocycles. The summed E-state index contributed by atoms with van der Waals surface area (Å²) in [6.45, 7) is 8.33. The summed E-state index contributed by atoms with van der Waals surface area (Å²) in [5.74, 6) is 0.117. The van der Waals surface area contributed by atoms with Crippen LogP contribution in [0.5, 0.6) is 5.75 Å². The zero-order valence-electron chi connectivity index (χ0n) is 19.2. The molecule has 1 aromatic heterocycles. The van der Waals surface area contributed by atoms with Crippen LogP contribution in [0.1, 0.15) is 53.9 Å². The van der Waals surface area contributed by atoms with E-state index < -0.39 is 0 Å². The molecule has 0 unspecified atom stereocenters. The predicted molar refractivity (Wildman–Crippen MR) is 134 cm³/mol. The fraction of sp³-hybridized carbons (Fsp3) is 0.308. The van der Waals surface area contributed by atoms with Crippen molar-refractivity contribution in [3.63, 3.8) is 0 Å². The van der Waals surface area contributed by atoms with Crippen LogP contribution in [0.4, 0.5) is 16.4 Å². The first kappa shape index (κ1) is 24.1. The number of aromatic hydroxyl groups is 1. The molecule has 3 aromatic rings. The Morgan fingerprint density at radius 3 is 2.48 bits per heavy atom. The van der Waals surface area contributed by atoms with Crippen molar-refractivity contribution < 1.29 is 9.90 Å². The van der Waals surface area contributed by atoms with Crippen molar-refractivity contribution >= 4 is 34.0 Å². The van der Waals surface area contributed by atoms with Gasteiger partial charge in [-0.05, 0) is 61.7 Å². The molecular weight excluding hydrogens is 432 g/mol. The summed E-state index contributed by atoms with van der Waals surface area (Å²) in [7, 11) is 0. The van der Waals surface area contributed by atoms with Crippen LogP contribution in [0.25, 0.3) is 11.1 Å². The first-order valence-corrected chi connectivity index (χ1v) is 11.9. The lowest BCUT2D eigenvalue weighted by atomic mass is 10.0. The van der Waals surface area contributed by atoms with E-state index in [-0.39, 0.29) is 5.75 Å². The number of carbonyl (C=O) groups excluding carboxylic acids is 1. The number of hydrogen-bond donors (Lipinski definition) is 1. The molecule has 0 aliphatic rings. The van der Waals surface area contributed by atoms with E-state index >= 15 is 0 Å². The SMILES string of the molecule is CCCCCN(CC)c1ccc(N=Nc2sc(C=O)c(-c3ccc(O)cc3)c2C#N)c(C)c1. The van der Waals surface area contributed by atoms with Crippen molar-refractivity contribution in [1.29, 1.82) is 5.26 Å². The maximum atomic E-state index is 11.7. The minimum absolute atomic E-state index is 0.117. The Bertz CT molecular complexity index is 1180. The van der Waals surface area contributed by atoms with Crippen LogP contribution in [0.15, 0.2) is 52.7 Å². The largest absolute Gasteiger partial charge is 0.508 e. The van der Waals surface area contributed by atoms with Crippen molar-refractivity contribution in [2.24, 2.45) is 10.2 Å². The Morgan fingerprint density at radius 1 is 1.12 bits per heavy atom. The highest BCUT2D eigenvalue weighted by Gasteiger charge is 2.19. The molecule has 170 valence electrons. The van der Waals surface area contributed by atoms with Gasteiger partial charge in [-0.15, -0.1) is 21.6 Å². The molecule has 0 saturated heterocycles. The van der Waals surface area contributed by atoms with E-state index in [2.05, 4.69) is 47.2 Å². The standard InChI is InChI=1S/C26H28N4O2S/c1-4-6-7-14-30(5-2)20-10-13-23(18(3)15-20)28-29-26-22(16-27)25(24(17-31)33-26)19-8-11-21(32)12-9-19/h8-13,15,17,32H,4-7,14H2,1-3H3. The van der Waals surface area contributed by atoms with Crippen LogP contribution < -0.4 is 4.90 Å². The number of benzene rings is 2. The van der Waals surface area contributed by atoms with Gasteiger partial charge in [0, 0.05) is 24.3 Å². The van der Waals surface area contributed by atoms with Gasteiger partial charge in [0.15, 0.2) is 11.3 Å². The minimum atomic E-state index is 0.117. The topological polar surface area (TPSA) is 89.1 Å². The zero-order chi connectivity index (χ0) is 23.8. The van der Waals surface area contributed by atoms with E-state index in [1.54, 1.807) is 12.1 Å². The lowest BCUT2D eigenvalue weighted by Crippen LogP contribution is -2.23. The van der Waals surface area contributed by atoms with E-state index in [0.29, 0.717) is 26.6 Å². The van der Waals surface area contributed by atoms with E-state index in [1.807, 2.05) is 13.0 Å². The number of phenols is 1. The first-order chi connectivity index (χ1) is 16.0. The van der Waals surface area contributed by atoms with E-state index in [1.165, 1.54) is 31.4 Å². The summed E-state index contributed by atoms with van der Waals surface area (Å²) in [6, 6.07) is 14.7. The van der Waals surface area contributed by atoms with Crippen LogP contribution in [-0.4, -0.2) is 24.5 Å². The van der Waals surface area contributed by atoms with Gasteiger partial charge >= 0.3 is 0 Å². The Morgan fingerprint density at radius 2 is 1.88 bits per heavy atom. The van der Waals surface area contributed by atoms with Crippen molar-refractivity contribution in [3.8, 4) is 22.9 Å². The fourth-order valence-electron chi connectivity index (χ4n) is 3.68. The van der Waals surface area contributed by atoms with Gasteiger partial charge in [0.25, 0.3) is 0 Å². The highest BCUT2D eigenvalue weighted by atomic mass is 32.1. The summed E-state index contributed by atoms with van der Waals surface area (Å²) >= 11 is 1.14. The highest BCUT2D eigenvalue weighted by Crippen LogP contribution is 2.42. The Balaban J connectivity index is 1.90. The summed E-state index contributed by atoms with van der Waals surface area (Å²) in [4.78, 5) is 14.4. The fourth-order valence-corrected chi connectivity index (χ4v) is 4.59. The molecule has 0 aliphatic carbocycles. The predicted octanol–water partition coefficient (Wildman–Crippen LogP) is 7.55. The quantitative estimate of drug-likeness (QED) is 0.192.